The molecule has 17 heavy (non-hydrogen) atoms. The maximum Gasteiger partial charge on any atom is 0.165 e. The van der Waals surface area contributed by atoms with Crippen LogP contribution in [0.15, 0.2) is 23.2 Å². The van der Waals surface area contributed by atoms with E-state index in [4.69, 9.17) is 10.5 Å². The largest absolute Gasteiger partial charge is 0.494 e. The van der Waals surface area contributed by atoms with E-state index < -0.39 is 0 Å². The first-order valence-corrected chi connectivity index (χ1v) is 5.83. The minimum atomic E-state index is -0.368. The van der Waals surface area contributed by atoms with E-state index in [0.29, 0.717) is 5.92 Å². The first-order chi connectivity index (χ1) is 8.20. The second kappa shape index (κ2) is 5.27. The molecule has 1 aliphatic carbocycles. The standard InChI is InChI=1S/C13H17FN2O/c1-17-12-7-9(5-6-11(12)14)8-16-13(15)10-3-2-4-10/h5-8,10,13H,2-4,15H2,1H3/b16-8+. The van der Waals surface area contributed by atoms with Gasteiger partial charge in [-0.3, -0.25) is 4.99 Å². The van der Waals surface area contributed by atoms with Gasteiger partial charge < -0.3 is 10.5 Å². The third-order valence-corrected chi connectivity index (χ3v) is 3.20. The molecule has 0 radical (unpaired) electrons. The van der Waals surface area contributed by atoms with Gasteiger partial charge in [0.15, 0.2) is 11.6 Å². The van der Waals surface area contributed by atoms with Crippen LogP contribution < -0.4 is 10.5 Å². The lowest BCUT2D eigenvalue weighted by Crippen LogP contribution is -2.32. The SMILES string of the molecule is COc1cc(/C=N/C(N)C2CCC2)ccc1F. The van der Waals surface area contributed by atoms with E-state index in [1.807, 2.05) is 0 Å². The van der Waals surface area contributed by atoms with Crippen LogP contribution in [0.1, 0.15) is 24.8 Å². The smallest absolute Gasteiger partial charge is 0.165 e. The molecular formula is C13H17FN2O. The maximum absolute atomic E-state index is 13.2. The topological polar surface area (TPSA) is 47.6 Å². The van der Waals surface area contributed by atoms with E-state index in [2.05, 4.69) is 4.99 Å². The Morgan fingerprint density at radius 3 is 2.88 bits per heavy atom. The van der Waals surface area contributed by atoms with Crippen molar-refractivity contribution in [3.8, 4) is 5.75 Å². The van der Waals surface area contributed by atoms with Crippen molar-refractivity contribution in [2.24, 2.45) is 16.6 Å². The van der Waals surface area contributed by atoms with E-state index in [1.54, 1.807) is 18.3 Å². The van der Waals surface area contributed by atoms with Crippen LogP contribution in [0.4, 0.5) is 4.39 Å². The van der Waals surface area contributed by atoms with Crippen LogP contribution in [-0.4, -0.2) is 19.5 Å². The molecule has 92 valence electrons. The van der Waals surface area contributed by atoms with Crippen molar-refractivity contribution in [3.63, 3.8) is 0 Å². The summed E-state index contributed by atoms with van der Waals surface area (Å²) in [6.45, 7) is 0. The number of aliphatic imine (C=N–C) groups is 1. The molecule has 0 saturated heterocycles. The molecule has 0 spiro atoms. The van der Waals surface area contributed by atoms with Gasteiger partial charge in [-0.15, -0.1) is 0 Å². The normalized spacial score (nSPS) is 18.1. The Morgan fingerprint density at radius 2 is 2.29 bits per heavy atom. The summed E-state index contributed by atoms with van der Waals surface area (Å²) in [4.78, 5) is 4.30. The summed E-state index contributed by atoms with van der Waals surface area (Å²) < 4.78 is 18.1. The van der Waals surface area contributed by atoms with Crippen LogP contribution in [0.3, 0.4) is 0 Å². The van der Waals surface area contributed by atoms with Crippen LogP contribution in [0.5, 0.6) is 5.75 Å². The number of methoxy groups -OCH3 is 1. The first kappa shape index (κ1) is 12.0. The van der Waals surface area contributed by atoms with Crippen LogP contribution in [0, 0.1) is 11.7 Å². The molecule has 1 unspecified atom stereocenters. The molecule has 0 amide bonds. The summed E-state index contributed by atoms with van der Waals surface area (Å²) in [5.74, 6) is 0.368. The number of benzene rings is 1. The number of ether oxygens (including phenoxy) is 1. The summed E-state index contributed by atoms with van der Waals surface area (Å²) >= 11 is 0. The molecule has 2 N–H and O–H groups in total. The van der Waals surface area contributed by atoms with Gasteiger partial charge in [0.1, 0.15) is 0 Å². The highest BCUT2D eigenvalue weighted by Crippen LogP contribution is 2.29. The van der Waals surface area contributed by atoms with Gasteiger partial charge >= 0.3 is 0 Å². The summed E-state index contributed by atoms with van der Waals surface area (Å²) in [6.07, 6.45) is 5.11. The summed E-state index contributed by atoms with van der Waals surface area (Å²) in [7, 11) is 1.44. The fourth-order valence-corrected chi connectivity index (χ4v) is 1.83. The molecule has 1 fully saturated rings. The molecule has 4 heteroatoms. The fraction of sp³-hybridized carbons (Fsp3) is 0.462. The highest BCUT2D eigenvalue weighted by molar-refractivity contribution is 5.80. The molecule has 0 aliphatic heterocycles. The van der Waals surface area contributed by atoms with Crippen LogP contribution in [-0.2, 0) is 0 Å². The predicted octanol–water partition coefficient (Wildman–Crippen LogP) is 2.34. The van der Waals surface area contributed by atoms with Gasteiger partial charge in [-0.25, -0.2) is 4.39 Å². The van der Waals surface area contributed by atoms with Crippen molar-refractivity contribution in [3.05, 3.63) is 29.6 Å². The zero-order valence-electron chi connectivity index (χ0n) is 9.90. The summed E-state index contributed by atoms with van der Waals surface area (Å²) in [5, 5.41) is 0. The molecule has 1 aromatic carbocycles. The number of hydrogen-bond donors (Lipinski definition) is 1. The highest BCUT2D eigenvalue weighted by Gasteiger charge is 2.23. The highest BCUT2D eigenvalue weighted by atomic mass is 19.1. The number of nitrogens with zero attached hydrogens (tertiary/aromatic N) is 1. The van der Waals surface area contributed by atoms with Crippen molar-refractivity contribution in [2.45, 2.75) is 25.4 Å². The van der Waals surface area contributed by atoms with Crippen LogP contribution >= 0.6 is 0 Å². The quantitative estimate of drug-likeness (QED) is 0.816. The minimum Gasteiger partial charge on any atom is -0.494 e. The average molecular weight is 236 g/mol. The number of nitrogens with two attached hydrogens (primary N) is 1. The molecule has 0 bridgehead atoms. The van der Waals surface area contributed by atoms with Gasteiger partial charge in [-0.05, 0) is 36.5 Å². The third-order valence-electron chi connectivity index (χ3n) is 3.20. The Hall–Kier alpha value is -1.42. The minimum absolute atomic E-state index is 0.139. The van der Waals surface area contributed by atoms with Crippen LogP contribution in [0.2, 0.25) is 0 Å². The Labute approximate surface area is 100 Å². The number of halogens is 1. The van der Waals surface area contributed by atoms with E-state index in [0.717, 1.165) is 18.4 Å². The van der Waals surface area contributed by atoms with Gasteiger partial charge in [0.25, 0.3) is 0 Å². The van der Waals surface area contributed by atoms with E-state index >= 15 is 0 Å². The Kier molecular flexibility index (Phi) is 3.74. The predicted molar refractivity (Wildman–Crippen MR) is 65.9 cm³/mol. The Morgan fingerprint density at radius 1 is 1.53 bits per heavy atom. The molecule has 1 atom stereocenters. The zero-order chi connectivity index (χ0) is 12.3. The summed E-state index contributed by atoms with van der Waals surface area (Å²) in [6, 6.07) is 4.65. The van der Waals surface area contributed by atoms with Gasteiger partial charge in [0.2, 0.25) is 0 Å². The fourth-order valence-electron chi connectivity index (χ4n) is 1.83. The molecule has 0 aromatic heterocycles. The summed E-state index contributed by atoms with van der Waals surface area (Å²) in [5.41, 5.74) is 6.73. The lowest BCUT2D eigenvalue weighted by Gasteiger charge is -2.28. The van der Waals surface area contributed by atoms with E-state index in [-0.39, 0.29) is 17.7 Å². The molecule has 2 rings (SSSR count). The second-order valence-electron chi connectivity index (χ2n) is 4.35. The lowest BCUT2D eigenvalue weighted by molar-refractivity contribution is 0.267. The molecule has 3 nitrogen and oxygen atoms in total. The van der Waals surface area contributed by atoms with Crippen molar-refractivity contribution in [1.82, 2.24) is 0 Å². The molecule has 0 heterocycles. The Bertz CT molecular complexity index is 416. The molecule has 1 aromatic rings. The third kappa shape index (κ3) is 2.82. The van der Waals surface area contributed by atoms with Crippen molar-refractivity contribution in [1.29, 1.82) is 0 Å². The van der Waals surface area contributed by atoms with Crippen molar-refractivity contribution >= 4 is 6.21 Å². The Balaban J connectivity index is 2.04. The molecular weight excluding hydrogens is 219 g/mol. The first-order valence-electron chi connectivity index (χ1n) is 5.83. The number of hydrogen-bond acceptors (Lipinski definition) is 3. The van der Waals surface area contributed by atoms with Gasteiger partial charge in [-0.1, -0.05) is 12.5 Å². The van der Waals surface area contributed by atoms with Crippen LogP contribution in [0.25, 0.3) is 0 Å². The second-order valence-corrected chi connectivity index (χ2v) is 4.35. The average Bonchev–Trinajstić information content (AvgIpc) is 2.25. The number of rotatable bonds is 4. The van der Waals surface area contributed by atoms with Gasteiger partial charge in [0, 0.05) is 6.21 Å². The van der Waals surface area contributed by atoms with E-state index in [1.165, 1.54) is 19.6 Å². The van der Waals surface area contributed by atoms with Gasteiger partial charge in [-0.2, -0.15) is 0 Å². The van der Waals surface area contributed by atoms with Crippen molar-refractivity contribution in [2.75, 3.05) is 7.11 Å². The lowest BCUT2D eigenvalue weighted by atomic mass is 9.83. The monoisotopic (exact) mass is 236 g/mol. The zero-order valence-corrected chi connectivity index (χ0v) is 9.90. The van der Waals surface area contributed by atoms with E-state index in [9.17, 15) is 4.39 Å². The van der Waals surface area contributed by atoms with Gasteiger partial charge in [0.05, 0.1) is 13.3 Å². The molecule has 1 aliphatic rings. The molecule has 1 saturated carbocycles. The maximum atomic E-state index is 13.2. The van der Waals surface area contributed by atoms with Crippen molar-refractivity contribution < 1.29 is 9.13 Å².